The number of carbonyl (C=O) groups excluding carboxylic acids is 1. The lowest BCUT2D eigenvalue weighted by Gasteiger charge is -2.23. The number of fused-ring (bicyclic) bond motifs is 2. The molecular formula is C23H20F3N3O11P2. The first-order chi connectivity index (χ1) is 19.5. The van der Waals surface area contributed by atoms with Crippen LogP contribution in [-0.2, 0) is 18.7 Å². The van der Waals surface area contributed by atoms with E-state index in [0.717, 1.165) is 29.0 Å². The monoisotopic (exact) mass is 633 g/mol. The zero-order chi connectivity index (χ0) is 30.9. The second-order valence-corrected chi connectivity index (χ2v) is 13.6. The summed E-state index contributed by atoms with van der Waals surface area (Å²) in [6, 6.07) is 3.18. The van der Waals surface area contributed by atoms with E-state index in [4.69, 9.17) is 19.6 Å². The first-order valence-corrected chi connectivity index (χ1v) is 15.3. The van der Waals surface area contributed by atoms with Crippen LogP contribution >= 0.6 is 15.2 Å². The molecule has 5 N–H and O–H groups in total. The number of anilines is 1. The number of hydrogen-bond donors (Lipinski definition) is 5. The minimum absolute atomic E-state index is 0.112. The van der Waals surface area contributed by atoms with Gasteiger partial charge in [-0.2, -0.15) is 0 Å². The third-order valence-corrected chi connectivity index (χ3v) is 10.4. The molecule has 2 aromatic heterocycles. The van der Waals surface area contributed by atoms with Crippen molar-refractivity contribution in [2.24, 2.45) is 17.8 Å². The Morgan fingerprint density at radius 1 is 1.02 bits per heavy atom. The SMILES string of the molecule is O=C(CC1[C@H]2CN(c3nc4c(cc3F)c(=O)c(C(=O)O)cn4-c3ccc(F)cc3F)C[C@@H]12)OC(P(=O)(O)O)P(=O)(O)O. The molecule has 2 aliphatic rings. The van der Waals surface area contributed by atoms with Crippen molar-refractivity contribution >= 4 is 44.0 Å². The predicted molar refractivity (Wildman–Crippen MR) is 135 cm³/mol. The molecule has 1 saturated heterocycles. The number of nitrogens with zero attached hydrogens (tertiary/aromatic N) is 3. The number of benzene rings is 1. The smallest absolute Gasteiger partial charge is 0.378 e. The fraction of sp³-hybridized carbons (Fsp3) is 0.304. The zero-order valence-corrected chi connectivity index (χ0v) is 22.7. The fourth-order valence-corrected chi connectivity index (χ4v) is 7.34. The molecular weight excluding hydrogens is 613 g/mol. The molecule has 1 aromatic carbocycles. The molecule has 3 atom stereocenters. The van der Waals surface area contributed by atoms with Gasteiger partial charge in [-0.05, 0) is 36.0 Å². The first-order valence-electron chi connectivity index (χ1n) is 12.0. The Morgan fingerprint density at radius 2 is 1.64 bits per heavy atom. The number of ether oxygens (including phenoxy) is 1. The number of piperidine rings is 1. The molecule has 2 fully saturated rings. The fourth-order valence-electron chi connectivity index (χ4n) is 5.27. The maximum atomic E-state index is 15.2. The van der Waals surface area contributed by atoms with Gasteiger partial charge < -0.3 is 34.3 Å². The molecule has 14 nitrogen and oxygen atoms in total. The summed E-state index contributed by atoms with van der Waals surface area (Å²) in [5.74, 6) is -7.15. The van der Waals surface area contributed by atoms with Gasteiger partial charge >= 0.3 is 32.7 Å². The van der Waals surface area contributed by atoms with E-state index in [0.29, 0.717) is 6.07 Å². The van der Waals surface area contributed by atoms with Crippen molar-refractivity contribution in [2.45, 2.75) is 12.0 Å². The van der Waals surface area contributed by atoms with Gasteiger partial charge in [0.15, 0.2) is 17.3 Å². The number of carboxylic acid groups (broad SMARTS) is 1. The molecule has 0 radical (unpaired) electrons. The van der Waals surface area contributed by atoms with Crippen LogP contribution in [0.2, 0.25) is 0 Å². The largest absolute Gasteiger partial charge is 0.477 e. The number of aromatic carboxylic acids is 1. The van der Waals surface area contributed by atoms with Crippen molar-refractivity contribution in [3.05, 3.63) is 63.7 Å². The van der Waals surface area contributed by atoms with Crippen LogP contribution in [0.1, 0.15) is 16.8 Å². The van der Waals surface area contributed by atoms with E-state index in [-0.39, 0.29) is 42.1 Å². The van der Waals surface area contributed by atoms with Crippen LogP contribution in [0.25, 0.3) is 16.7 Å². The van der Waals surface area contributed by atoms with Crippen LogP contribution in [0, 0.1) is 35.2 Å². The quantitative estimate of drug-likeness (QED) is 0.177. The summed E-state index contributed by atoms with van der Waals surface area (Å²) in [6.45, 7) is 0.224. The number of esters is 1. The number of carboxylic acids is 1. The van der Waals surface area contributed by atoms with Crippen molar-refractivity contribution in [3.63, 3.8) is 0 Å². The number of carbonyl (C=O) groups is 2. The second kappa shape index (κ2) is 10.3. The van der Waals surface area contributed by atoms with Gasteiger partial charge in [0.25, 0.3) is 0 Å². The zero-order valence-electron chi connectivity index (χ0n) is 20.9. The normalized spacial score (nSPS) is 20.2. The maximum absolute atomic E-state index is 15.2. The van der Waals surface area contributed by atoms with E-state index in [1.807, 2.05) is 0 Å². The van der Waals surface area contributed by atoms with E-state index < -0.39 is 78.9 Å². The van der Waals surface area contributed by atoms with Gasteiger partial charge in [-0.3, -0.25) is 23.3 Å². The third-order valence-electron chi connectivity index (χ3n) is 7.20. The highest BCUT2D eigenvalue weighted by Gasteiger charge is 2.57. The standard InChI is InChI=1S/C23H20F3N3O11P2/c24-9-1-2-17(15(25)3-9)29-8-14(22(32)33)19(31)11-4-16(26)21(27-20(11)29)28-6-12-10(13(12)7-28)5-18(30)40-23(41(34,35)36)42(37,38)39/h1-4,8,10,12-13,23H,5-7H2,(H,32,33)(H2,34,35,36)(H2,37,38,39)/t10?,12-,13+. The van der Waals surface area contributed by atoms with E-state index in [1.165, 1.54) is 4.90 Å². The van der Waals surface area contributed by atoms with Crippen LogP contribution in [0.3, 0.4) is 0 Å². The lowest BCUT2D eigenvalue weighted by molar-refractivity contribution is -0.144. The molecule has 224 valence electrons. The summed E-state index contributed by atoms with van der Waals surface area (Å²) < 4.78 is 71.4. The number of aromatic nitrogens is 2. The minimum atomic E-state index is -5.48. The molecule has 1 saturated carbocycles. The molecule has 0 spiro atoms. The van der Waals surface area contributed by atoms with Crippen molar-refractivity contribution in [1.82, 2.24) is 9.55 Å². The Morgan fingerprint density at radius 3 is 2.19 bits per heavy atom. The Labute approximate surface area is 232 Å². The highest BCUT2D eigenvalue weighted by molar-refractivity contribution is 7.70. The summed E-state index contributed by atoms with van der Waals surface area (Å²) in [7, 11) is -11.0. The molecule has 5 rings (SSSR count). The molecule has 0 bridgehead atoms. The van der Waals surface area contributed by atoms with Gasteiger partial charge in [-0.15, -0.1) is 0 Å². The van der Waals surface area contributed by atoms with Gasteiger partial charge in [0.1, 0.15) is 17.2 Å². The summed E-state index contributed by atoms with van der Waals surface area (Å²) >= 11 is 0. The summed E-state index contributed by atoms with van der Waals surface area (Å²) in [6.07, 6.45) is 0.373. The van der Waals surface area contributed by atoms with Crippen LogP contribution in [-0.4, -0.2) is 64.8 Å². The molecule has 3 aromatic rings. The number of halogens is 3. The molecule has 1 aliphatic carbocycles. The minimum Gasteiger partial charge on any atom is -0.477 e. The van der Waals surface area contributed by atoms with Crippen molar-refractivity contribution < 1.29 is 61.3 Å². The Bertz CT molecular complexity index is 1770. The average Bonchev–Trinajstić information content (AvgIpc) is 3.28. The Kier molecular flexibility index (Phi) is 7.33. The lowest BCUT2D eigenvalue weighted by atomic mass is 10.1. The number of hydrogen-bond acceptors (Lipinski definition) is 8. The Balaban J connectivity index is 1.41. The predicted octanol–water partition coefficient (Wildman–Crippen LogP) is 1.76. The van der Waals surface area contributed by atoms with Gasteiger partial charge in [0.05, 0.1) is 11.1 Å². The van der Waals surface area contributed by atoms with Crippen molar-refractivity contribution in [2.75, 3.05) is 18.0 Å². The van der Waals surface area contributed by atoms with Crippen molar-refractivity contribution in [3.8, 4) is 5.69 Å². The van der Waals surface area contributed by atoms with Crippen molar-refractivity contribution in [1.29, 1.82) is 0 Å². The van der Waals surface area contributed by atoms with E-state index in [1.54, 1.807) is 0 Å². The maximum Gasteiger partial charge on any atom is 0.378 e. The van der Waals surface area contributed by atoms with Gasteiger partial charge in [-0.1, -0.05) is 0 Å². The highest BCUT2D eigenvalue weighted by Crippen LogP contribution is 2.61. The average molecular weight is 633 g/mol. The summed E-state index contributed by atoms with van der Waals surface area (Å²) in [5, 5.41) is 8.98. The van der Waals surface area contributed by atoms with Crippen LogP contribution in [0.15, 0.2) is 35.3 Å². The van der Waals surface area contributed by atoms with Crippen LogP contribution in [0.5, 0.6) is 0 Å². The highest BCUT2D eigenvalue weighted by atomic mass is 31.2. The van der Waals surface area contributed by atoms with Crippen LogP contribution in [0.4, 0.5) is 19.0 Å². The van der Waals surface area contributed by atoms with Gasteiger partial charge in [0, 0.05) is 31.8 Å². The molecule has 3 heterocycles. The number of rotatable bonds is 8. The lowest BCUT2D eigenvalue weighted by Crippen LogP contribution is -2.28. The molecule has 19 heteroatoms. The Hall–Kier alpha value is -3.59. The molecule has 1 unspecified atom stereocenters. The van der Waals surface area contributed by atoms with E-state index >= 15 is 4.39 Å². The van der Waals surface area contributed by atoms with Gasteiger partial charge in [0.2, 0.25) is 5.43 Å². The van der Waals surface area contributed by atoms with Gasteiger partial charge in [-0.25, -0.2) is 22.9 Å². The second-order valence-electron chi connectivity index (χ2n) is 9.90. The third kappa shape index (κ3) is 5.46. The topological polar surface area (TPSA) is 217 Å². The summed E-state index contributed by atoms with van der Waals surface area (Å²) in [4.78, 5) is 78.7. The first kappa shape index (κ1) is 29.9. The number of pyridine rings is 2. The molecule has 42 heavy (non-hydrogen) atoms. The van der Waals surface area contributed by atoms with Crippen LogP contribution < -0.4 is 10.3 Å². The summed E-state index contributed by atoms with van der Waals surface area (Å²) in [5.41, 5.74) is -5.50. The van der Waals surface area contributed by atoms with E-state index in [9.17, 15) is 37.4 Å². The molecule has 1 aliphatic heterocycles. The van der Waals surface area contributed by atoms with E-state index in [2.05, 4.69) is 9.72 Å². The molecule has 0 amide bonds.